The first-order chi connectivity index (χ1) is 18.5. The van der Waals surface area contributed by atoms with E-state index in [0.717, 1.165) is 47.2 Å². The van der Waals surface area contributed by atoms with Crippen LogP contribution in [0.1, 0.15) is 48.1 Å². The second-order valence-corrected chi connectivity index (χ2v) is 9.14. The zero-order valence-electron chi connectivity index (χ0n) is 21.3. The highest BCUT2D eigenvalue weighted by molar-refractivity contribution is 5.81. The van der Waals surface area contributed by atoms with Gasteiger partial charge in [-0.15, -0.1) is 0 Å². The van der Waals surface area contributed by atoms with Gasteiger partial charge in [-0.2, -0.15) is 0 Å². The molecule has 0 aliphatic carbocycles. The fraction of sp³-hybridized carbons (Fsp3) is 0.241. The maximum Gasteiger partial charge on any atom is 0.439 e. The van der Waals surface area contributed by atoms with Gasteiger partial charge in [0.15, 0.2) is 5.82 Å². The predicted molar refractivity (Wildman–Crippen MR) is 144 cm³/mol. The van der Waals surface area contributed by atoms with E-state index in [4.69, 9.17) is 9.51 Å². The molecule has 38 heavy (non-hydrogen) atoms. The summed E-state index contributed by atoms with van der Waals surface area (Å²) in [6.45, 7) is 4.27. The third-order valence-corrected chi connectivity index (χ3v) is 6.49. The summed E-state index contributed by atoms with van der Waals surface area (Å²) in [5, 5.41) is 3.93. The Kier molecular flexibility index (Phi) is 7.35. The average molecular weight is 509 g/mol. The highest BCUT2D eigenvalue weighted by Crippen LogP contribution is 2.31. The first kappa shape index (κ1) is 25.0. The van der Waals surface area contributed by atoms with Gasteiger partial charge in [-0.25, -0.2) is 9.78 Å². The molecule has 192 valence electrons. The van der Waals surface area contributed by atoms with E-state index in [2.05, 4.69) is 27.0 Å². The Balaban J connectivity index is 1.60. The SMILES string of the molecule is CCCCc1nc(C)n(Cc2cnccn2)c(=O)c1Cc1ccc(-c2ccccc2)c(-c2noc(=O)[nH]2)c1. The summed E-state index contributed by atoms with van der Waals surface area (Å²) in [7, 11) is 0. The number of aromatic amines is 1. The van der Waals surface area contributed by atoms with Crippen LogP contribution in [-0.4, -0.2) is 29.7 Å². The van der Waals surface area contributed by atoms with Gasteiger partial charge in [-0.1, -0.05) is 61.0 Å². The third-order valence-electron chi connectivity index (χ3n) is 6.49. The molecule has 3 aromatic heterocycles. The molecule has 3 heterocycles. The first-order valence-corrected chi connectivity index (χ1v) is 12.6. The van der Waals surface area contributed by atoms with Crippen LogP contribution in [-0.2, 0) is 19.4 Å². The number of rotatable bonds is 9. The molecule has 0 atom stereocenters. The van der Waals surface area contributed by atoms with Crippen LogP contribution in [0.5, 0.6) is 0 Å². The molecule has 1 N–H and O–H groups in total. The van der Waals surface area contributed by atoms with Crippen molar-refractivity contribution in [2.75, 3.05) is 0 Å². The molecule has 0 radical (unpaired) electrons. The highest BCUT2D eigenvalue weighted by Gasteiger charge is 2.18. The minimum atomic E-state index is -0.624. The van der Waals surface area contributed by atoms with Crippen molar-refractivity contribution in [1.82, 2.24) is 29.7 Å². The monoisotopic (exact) mass is 508 g/mol. The van der Waals surface area contributed by atoms with Crippen molar-refractivity contribution < 1.29 is 4.52 Å². The lowest BCUT2D eigenvalue weighted by atomic mass is 9.94. The summed E-state index contributed by atoms with van der Waals surface area (Å²) in [5.74, 6) is 0.362. The van der Waals surface area contributed by atoms with Crippen molar-refractivity contribution in [3.63, 3.8) is 0 Å². The number of aryl methyl sites for hydroxylation is 2. The highest BCUT2D eigenvalue weighted by atomic mass is 16.5. The van der Waals surface area contributed by atoms with Crippen LogP contribution >= 0.6 is 0 Å². The Morgan fingerprint density at radius 3 is 2.58 bits per heavy atom. The van der Waals surface area contributed by atoms with Crippen molar-refractivity contribution in [3.05, 3.63) is 116 Å². The van der Waals surface area contributed by atoms with E-state index in [1.807, 2.05) is 55.5 Å². The van der Waals surface area contributed by atoms with Gasteiger partial charge in [0, 0.05) is 29.9 Å². The summed E-state index contributed by atoms with van der Waals surface area (Å²) < 4.78 is 6.46. The molecule has 2 aromatic carbocycles. The van der Waals surface area contributed by atoms with Crippen molar-refractivity contribution in [2.24, 2.45) is 0 Å². The van der Waals surface area contributed by atoms with Crippen LogP contribution in [0, 0.1) is 6.92 Å². The molecule has 5 aromatic rings. The molecule has 0 amide bonds. The summed E-state index contributed by atoms with van der Waals surface area (Å²) in [6.07, 6.45) is 7.92. The molecule has 0 fully saturated rings. The van der Waals surface area contributed by atoms with Crippen molar-refractivity contribution in [1.29, 1.82) is 0 Å². The van der Waals surface area contributed by atoms with Crippen LogP contribution in [0.25, 0.3) is 22.5 Å². The van der Waals surface area contributed by atoms with E-state index in [1.54, 1.807) is 23.2 Å². The molecule has 0 bridgehead atoms. The van der Waals surface area contributed by atoms with Crippen LogP contribution in [0.2, 0.25) is 0 Å². The average Bonchev–Trinajstić information content (AvgIpc) is 3.38. The van der Waals surface area contributed by atoms with E-state index < -0.39 is 5.76 Å². The zero-order valence-corrected chi connectivity index (χ0v) is 21.3. The summed E-state index contributed by atoms with van der Waals surface area (Å²) in [4.78, 5) is 41.6. The Morgan fingerprint density at radius 1 is 1.03 bits per heavy atom. The van der Waals surface area contributed by atoms with Crippen molar-refractivity contribution in [2.45, 2.75) is 46.1 Å². The second-order valence-electron chi connectivity index (χ2n) is 9.14. The van der Waals surface area contributed by atoms with Gasteiger partial charge in [0.1, 0.15) is 5.82 Å². The Labute approximate surface area is 219 Å². The van der Waals surface area contributed by atoms with E-state index in [1.165, 1.54) is 0 Å². The molecule has 0 unspecified atom stereocenters. The topological polar surface area (TPSA) is 120 Å². The number of hydrogen-bond acceptors (Lipinski definition) is 7. The van der Waals surface area contributed by atoms with Gasteiger partial charge in [0.25, 0.3) is 5.56 Å². The van der Waals surface area contributed by atoms with E-state index >= 15 is 0 Å². The smallest absolute Gasteiger partial charge is 0.296 e. The van der Waals surface area contributed by atoms with E-state index in [9.17, 15) is 9.59 Å². The molecule has 9 heteroatoms. The fourth-order valence-electron chi connectivity index (χ4n) is 4.56. The number of nitrogens with one attached hydrogen (secondary N) is 1. The normalized spacial score (nSPS) is 11.1. The Bertz CT molecular complexity index is 1660. The number of hydrogen-bond donors (Lipinski definition) is 1. The van der Waals surface area contributed by atoms with Crippen LogP contribution in [0.15, 0.2) is 81.2 Å². The number of unbranched alkanes of at least 4 members (excludes halogenated alkanes) is 1. The van der Waals surface area contributed by atoms with Gasteiger partial charge in [-0.05, 0) is 42.5 Å². The van der Waals surface area contributed by atoms with Crippen molar-refractivity contribution in [3.8, 4) is 22.5 Å². The molecular weight excluding hydrogens is 480 g/mol. The Hall–Kier alpha value is -4.66. The minimum absolute atomic E-state index is 0.0854. The zero-order chi connectivity index (χ0) is 26.5. The second kappa shape index (κ2) is 11.2. The molecule has 9 nitrogen and oxygen atoms in total. The lowest BCUT2D eigenvalue weighted by Gasteiger charge is -2.16. The van der Waals surface area contributed by atoms with E-state index in [0.29, 0.717) is 35.9 Å². The van der Waals surface area contributed by atoms with Gasteiger partial charge < -0.3 is 0 Å². The van der Waals surface area contributed by atoms with Crippen LogP contribution in [0.4, 0.5) is 0 Å². The molecule has 5 rings (SSSR count). The number of nitrogens with zero attached hydrogens (tertiary/aromatic N) is 5. The van der Waals surface area contributed by atoms with Crippen molar-refractivity contribution >= 4 is 0 Å². The lowest BCUT2D eigenvalue weighted by molar-refractivity contribution is 0.388. The maximum absolute atomic E-state index is 13.8. The third kappa shape index (κ3) is 5.36. The first-order valence-electron chi connectivity index (χ1n) is 12.6. The maximum atomic E-state index is 13.8. The molecule has 0 aliphatic rings. The minimum Gasteiger partial charge on any atom is -0.296 e. The molecule has 0 spiro atoms. The Morgan fingerprint density at radius 2 is 1.87 bits per heavy atom. The number of aromatic nitrogens is 6. The van der Waals surface area contributed by atoms with Crippen LogP contribution in [0.3, 0.4) is 0 Å². The van der Waals surface area contributed by atoms with Gasteiger partial charge in [0.2, 0.25) is 0 Å². The summed E-state index contributed by atoms with van der Waals surface area (Å²) in [5.41, 5.74) is 5.56. The fourth-order valence-corrected chi connectivity index (χ4v) is 4.56. The molecule has 0 saturated heterocycles. The largest absolute Gasteiger partial charge is 0.439 e. The summed E-state index contributed by atoms with van der Waals surface area (Å²) in [6, 6.07) is 15.8. The molecular formula is C29H28N6O3. The van der Waals surface area contributed by atoms with Gasteiger partial charge in [-0.3, -0.25) is 28.8 Å². The van der Waals surface area contributed by atoms with Crippen LogP contribution < -0.4 is 11.3 Å². The van der Waals surface area contributed by atoms with E-state index in [-0.39, 0.29) is 5.56 Å². The number of benzene rings is 2. The molecule has 0 aliphatic heterocycles. The summed E-state index contributed by atoms with van der Waals surface area (Å²) >= 11 is 0. The molecule has 0 saturated carbocycles. The predicted octanol–water partition coefficient (Wildman–Crippen LogP) is 4.33. The standard InChI is InChI=1S/C29H28N6O3/c1-3-4-10-26-25(28(36)35(19(2)32-26)18-22-17-30-13-14-31-22)16-20-11-12-23(21-8-6-5-7-9-21)24(15-20)27-33-29(37)38-34-27/h5-9,11-15,17H,3-4,10,16,18H2,1-2H3,(H,33,34,37). The quantitative estimate of drug-likeness (QED) is 0.315. The number of H-pyrrole nitrogens is 1. The van der Waals surface area contributed by atoms with Gasteiger partial charge in [0.05, 0.1) is 24.1 Å². The van der Waals surface area contributed by atoms with Gasteiger partial charge >= 0.3 is 5.76 Å². The lowest BCUT2D eigenvalue weighted by Crippen LogP contribution is -2.30.